The zero-order chi connectivity index (χ0) is 24.9. The van der Waals surface area contributed by atoms with Gasteiger partial charge < -0.3 is 60.2 Å². The summed E-state index contributed by atoms with van der Waals surface area (Å²) < 4.78 is 16.0. The Morgan fingerprint density at radius 2 is 1.59 bits per heavy atom. The third-order valence-corrected chi connectivity index (χ3v) is 5.66. The molecule has 9 N–H and O–H groups in total. The second-order valence-electron chi connectivity index (χ2n) is 7.86. The van der Waals surface area contributed by atoms with Gasteiger partial charge in [-0.1, -0.05) is 6.07 Å². The number of rotatable bonds is 4. The minimum absolute atomic E-state index is 0.113. The lowest BCUT2D eigenvalue weighted by Crippen LogP contribution is -2.60. The van der Waals surface area contributed by atoms with Gasteiger partial charge >= 0.3 is 0 Å². The van der Waals surface area contributed by atoms with Crippen LogP contribution in [0, 0.1) is 0 Å². The molecule has 7 atom stereocenters. The maximum absolute atomic E-state index is 12.9. The van der Waals surface area contributed by atoms with Crippen molar-refractivity contribution in [3.63, 3.8) is 0 Å². The van der Waals surface area contributed by atoms with Crippen molar-refractivity contribution < 1.29 is 65.0 Å². The highest BCUT2D eigenvalue weighted by Gasteiger charge is 2.46. The van der Waals surface area contributed by atoms with Crippen LogP contribution in [-0.2, 0) is 4.74 Å². The molecular formula is C21H22O13. The Morgan fingerprint density at radius 3 is 2.24 bits per heavy atom. The Balaban J connectivity index is 1.67. The topological polar surface area (TPSA) is 227 Å². The Hall–Kier alpha value is -3.33. The molecule has 13 nitrogen and oxygen atoms in total. The maximum atomic E-state index is 12.9. The summed E-state index contributed by atoms with van der Waals surface area (Å²) >= 11 is 0. The van der Waals surface area contributed by atoms with Crippen molar-refractivity contribution in [2.75, 3.05) is 6.61 Å². The second-order valence-corrected chi connectivity index (χ2v) is 7.86. The summed E-state index contributed by atoms with van der Waals surface area (Å²) in [5.41, 5.74) is -0.452. The van der Waals surface area contributed by atoms with Crippen molar-refractivity contribution in [2.45, 2.75) is 42.9 Å². The van der Waals surface area contributed by atoms with E-state index in [1.54, 1.807) is 0 Å². The molecule has 1 saturated heterocycles. The number of carbonyl (C=O) groups excluding carboxylic acids is 1. The van der Waals surface area contributed by atoms with Crippen LogP contribution in [0.5, 0.6) is 34.5 Å². The molecular weight excluding hydrogens is 460 g/mol. The highest BCUT2D eigenvalue weighted by Crippen LogP contribution is 2.49. The van der Waals surface area contributed by atoms with Gasteiger partial charge in [0.25, 0.3) is 0 Å². The number of Topliss-reactive ketones (excluding diaryl/α,β-unsaturated/α-hetero) is 1. The molecule has 0 aliphatic carbocycles. The number of fused-ring (bicyclic) bond motifs is 1. The van der Waals surface area contributed by atoms with Crippen molar-refractivity contribution in [1.82, 2.24) is 0 Å². The minimum atomic E-state index is -1.87. The predicted octanol–water partition coefficient (Wildman–Crippen LogP) is -1.64. The van der Waals surface area contributed by atoms with Crippen LogP contribution in [0.15, 0.2) is 24.3 Å². The molecule has 0 amide bonds. The molecule has 34 heavy (non-hydrogen) atoms. The molecule has 2 aliphatic heterocycles. The first-order valence-corrected chi connectivity index (χ1v) is 10.0. The van der Waals surface area contributed by atoms with E-state index in [4.69, 9.17) is 14.2 Å². The zero-order valence-electron chi connectivity index (χ0n) is 17.2. The quantitative estimate of drug-likeness (QED) is 0.223. The number of ketones is 1. The fraction of sp³-hybridized carbons (Fsp3) is 0.381. The second kappa shape index (κ2) is 8.79. The van der Waals surface area contributed by atoms with E-state index in [0.717, 1.165) is 18.2 Å². The smallest absolute Gasteiger partial charge is 0.229 e. The molecule has 13 heteroatoms. The van der Waals surface area contributed by atoms with Crippen molar-refractivity contribution in [2.24, 2.45) is 0 Å². The number of carbonyl (C=O) groups is 1. The minimum Gasteiger partial charge on any atom is -0.504 e. The molecule has 2 aromatic carbocycles. The van der Waals surface area contributed by atoms with Gasteiger partial charge in [0.1, 0.15) is 35.7 Å². The summed E-state index contributed by atoms with van der Waals surface area (Å²) in [4.78, 5) is 12.9. The number of phenolic OH excluding ortho intramolecular Hbond substituents is 4. The van der Waals surface area contributed by atoms with Crippen LogP contribution in [-0.4, -0.2) is 95.2 Å². The molecule has 4 rings (SSSR count). The highest BCUT2D eigenvalue weighted by atomic mass is 16.7. The van der Waals surface area contributed by atoms with E-state index >= 15 is 0 Å². The zero-order valence-corrected chi connectivity index (χ0v) is 17.2. The van der Waals surface area contributed by atoms with Crippen molar-refractivity contribution in [3.05, 3.63) is 35.4 Å². The van der Waals surface area contributed by atoms with Crippen LogP contribution < -0.4 is 9.47 Å². The maximum Gasteiger partial charge on any atom is 0.229 e. The summed E-state index contributed by atoms with van der Waals surface area (Å²) in [7, 11) is 0. The van der Waals surface area contributed by atoms with E-state index in [2.05, 4.69) is 0 Å². The van der Waals surface area contributed by atoms with Crippen molar-refractivity contribution in [3.8, 4) is 34.5 Å². The summed E-state index contributed by atoms with van der Waals surface area (Å²) in [6.45, 7) is -0.750. The normalized spacial score (nSPS) is 31.0. The predicted molar refractivity (Wildman–Crippen MR) is 108 cm³/mol. The number of aliphatic hydroxyl groups is 5. The fourth-order valence-corrected chi connectivity index (χ4v) is 3.80. The van der Waals surface area contributed by atoms with Gasteiger partial charge in [-0.05, 0) is 17.7 Å². The number of benzene rings is 2. The molecule has 2 aliphatic rings. The summed E-state index contributed by atoms with van der Waals surface area (Å²) in [5, 5.41) is 89.8. The van der Waals surface area contributed by atoms with Gasteiger partial charge in [-0.3, -0.25) is 4.79 Å². The van der Waals surface area contributed by atoms with Gasteiger partial charge in [-0.25, -0.2) is 0 Å². The van der Waals surface area contributed by atoms with Gasteiger partial charge in [0.2, 0.25) is 17.8 Å². The Labute approximate surface area is 190 Å². The third kappa shape index (κ3) is 3.83. The third-order valence-electron chi connectivity index (χ3n) is 5.66. The molecule has 0 saturated carbocycles. The Kier molecular flexibility index (Phi) is 6.16. The molecule has 1 fully saturated rings. The van der Waals surface area contributed by atoms with E-state index in [9.17, 15) is 50.8 Å². The van der Waals surface area contributed by atoms with E-state index in [0.29, 0.717) is 0 Å². The van der Waals surface area contributed by atoms with Crippen molar-refractivity contribution in [1.29, 1.82) is 0 Å². The number of aliphatic hydroxyl groups excluding tert-OH is 5. The lowest BCUT2D eigenvalue weighted by atomic mass is 9.92. The number of ether oxygens (including phenoxy) is 3. The average Bonchev–Trinajstić information content (AvgIpc) is 2.80. The fourth-order valence-electron chi connectivity index (χ4n) is 3.80. The van der Waals surface area contributed by atoms with Gasteiger partial charge in [0.15, 0.2) is 35.2 Å². The van der Waals surface area contributed by atoms with Crippen LogP contribution >= 0.6 is 0 Å². The van der Waals surface area contributed by atoms with Crippen LogP contribution in [0.4, 0.5) is 0 Å². The van der Waals surface area contributed by atoms with Gasteiger partial charge in [0.05, 0.1) is 6.61 Å². The first-order valence-electron chi connectivity index (χ1n) is 10.0. The number of hydrogen-bond acceptors (Lipinski definition) is 13. The van der Waals surface area contributed by atoms with Gasteiger partial charge in [0, 0.05) is 6.07 Å². The molecule has 0 unspecified atom stereocenters. The van der Waals surface area contributed by atoms with Gasteiger partial charge in [-0.2, -0.15) is 0 Å². The lowest BCUT2D eigenvalue weighted by molar-refractivity contribution is -0.277. The van der Waals surface area contributed by atoms with Crippen LogP contribution in [0.3, 0.4) is 0 Å². The molecule has 2 heterocycles. The Morgan fingerprint density at radius 1 is 0.882 bits per heavy atom. The molecule has 184 valence electrons. The SMILES string of the molecule is O=C1c2c(cc(O)c(O[C@@H]3O[C@H](CO)[C@@H](O)[C@H](O)[C@H]3O)c2O)O[C@@H](c2ccc(O)c(O)c2)[C@@H]1O. The molecule has 0 bridgehead atoms. The van der Waals surface area contributed by atoms with Gasteiger partial charge in [-0.15, -0.1) is 0 Å². The first kappa shape index (κ1) is 23.8. The standard InChI is InChI=1S/C21H22O13/c22-5-11-13(26)16(29)18(31)21(33-11)34-20-9(25)4-10-12(15(20)28)14(27)17(30)19(32-10)6-1-2-7(23)8(24)3-6/h1-4,11,13,16-19,21-26,28-31H,5H2/t11-,13-,16+,17-,18-,19+,21+/m1/s1. The Bertz CT molecular complexity index is 1100. The molecule has 0 aromatic heterocycles. The van der Waals surface area contributed by atoms with E-state index in [1.807, 2.05) is 0 Å². The molecule has 2 aromatic rings. The lowest BCUT2D eigenvalue weighted by Gasteiger charge is -2.39. The summed E-state index contributed by atoms with van der Waals surface area (Å²) in [6, 6.07) is 4.37. The monoisotopic (exact) mass is 482 g/mol. The van der Waals surface area contributed by atoms with E-state index in [1.165, 1.54) is 6.07 Å². The number of hydrogen-bond donors (Lipinski definition) is 9. The molecule has 0 radical (unpaired) electrons. The van der Waals surface area contributed by atoms with Crippen LogP contribution in [0.25, 0.3) is 0 Å². The molecule has 0 spiro atoms. The summed E-state index contributed by atoms with van der Waals surface area (Å²) in [5.74, 6) is -4.84. The van der Waals surface area contributed by atoms with E-state index in [-0.39, 0.29) is 11.3 Å². The van der Waals surface area contributed by atoms with Crippen molar-refractivity contribution >= 4 is 5.78 Å². The van der Waals surface area contributed by atoms with Crippen LogP contribution in [0.1, 0.15) is 22.0 Å². The van der Waals surface area contributed by atoms with Crippen LogP contribution in [0.2, 0.25) is 0 Å². The first-order chi connectivity index (χ1) is 16.0. The summed E-state index contributed by atoms with van der Waals surface area (Å²) in [6.07, 6.45) is -11.7. The number of aromatic hydroxyl groups is 4. The average molecular weight is 482 g/mol. The number of phenols is 4. The largest absolute Gasteiger partial charge is 0.504 e. The van der Waals surface area contributed by atoms with E-state index < -0.39 is 89.6 Å². The highest BCUT2D eigenvalue weighted by molar-refractivity contribution is 6.06.